The minimum Gasteiger partial charge on any atom is -0.493 e. The third-order valence-electron chi connectivity index (χ3n) is 5.24. The second kappa shape index (κ2) is 8.50. The first-order valence-electron chi connectivity index (χ1n) is 9.97. The fraction of sp³-hybridized carbons (Fsp3) is 0.364. The molecule has 3 aromatic rings. The van der Waals surface area contributed by atoms with Crippen LogP contribution < -0.4 is 14.4 Å². The van der Waals surface area contributed by atoms with Crippen LogP contribution in [0, 0.1) is 13.8 Å². The van der Waals surface area contributed by atoms with Crippen molar-refractivity contribution in [1.29, 1.82) is 0 Å². The molecule has 0 radical (unpaired) electrons. The van der Waals surface area contributed by atoms with E-state index in [1.54, 1.807) is 25.5 Å². The van der Waals surface area contributed by atoms with Gasteiger partial charge in [0, 0.05) is 18.2 Å². The number of alkyl halides is 3. The summed E-state index contributed by atoms with van der Waals surface area (Å²) in [7, 11) is 1.57. The number of nitrogens with zero attached hydrogens (tertiary/aromatic N) is 3. The molecule has 10 heteroatoms. The minimum absolute atomic E-state index is 0.0293. The van der Waals surface area contributed by atoms with Gasteiger partial charge in [0.05, 0.1) is 17.7 Å². The number of rotatable bonds is 5. The lowest BCUT2D eigenvalue weighted by molar-refractivity contribution is -0.172. The molecule has 0 saturated heterocycles. The number of carbonyl (C=O) groups excluding carboxylic acids is 1. The number of methoxy groups -OCH3 is 1. The number of fused-ring (bicyclic) bond motifs is 1. The number of ether oxygens (including phenoxy) is 2. The normalized spacial score (nSPS) is 16.1. The van der Waals surface area contributed by atoms with Crippen LogP contribution in [-0.2, 0) is 6.61 Å². The average Bonchev–Trinajstić information content (AvgIpc) is 3.36. The van der Waals surface area contributed by atoms with Crippen molar-refractivity contribution in [1.82, 2.24) is 9.78 Å². The summed E-state index contributed by atoms with van der Waals surface area (Å²) in [5.41, 5.74) is 2.26. The van der Waals surface area contributed by atoms with Crippen LogP contribution >= 0.6 is 11.3 Å². The van der Waals surface area contributed by atoms with E-state index in [1.165, 1.54) is 22.3 Å². The van der Waals surface area contributed by atoms with E-state index in [0.29, 0.717) is 22.1 Å². The second-order valence-electron chi connectivity index (χ2n) is 7.65. The molecule has 1 aromatic carbocycles. The zero-order valence-electron chi connectivity index (χ0n) is 17.8. The van der Waals surface area contributed by atoms with Gasteiger partial charge in [-0.3, -0.25) is 9.69 Å². The molecule has 0 aliphatic carbocycles. The molecule has 6 nitrogen and oxygen atoms in total. The molecule has 0 N–H and O–H groups in total. The number of aromatic nitrogens is 2. The van der Waals surface area contributed by atoms with E-state index in [-0.39, 0.29) is 31.3 Å². The van der Waals surface area contributed by atoms with E-state index >= 15 is 0 Å². The number of thiophene rings is 1. The van der Waals surface area contributed by atoms with Crippen LogP contribution in [-0.4, -0.2) is 35.5 Å². The predicted octanol–water partition coefficient (Wildman–Crippen LogP) is 5.30. The minimum atomic E-state index is -4.42. The first kappa shape index (κ1) is 22.2. The number of halogens is 3. The quantitative estimate of drug-likeness (QED) is 0.513. The van der Waals surface area contributed by atoms with E-state index in [2.05, 4.69) is 5.10 Å². The van der Waals surface area contributed by atoms with Gasteiger partial charge in [0.2, 0.25) is 0 Å². The summed E-state index contributed by atoms with van der Waals surface area (Å²) in [6, 6.07) is 7.09. The van der Waals surface area contributed by atoms with Crippen LogP contribution in [0.4, 0.5) is 19.0 Å². The number of aryl methyl sites for hydroxylation is 2. The van der Waals surface area contributed by atoms with E-state index in [0.717, 1.165) is 15.8 Å². The topological polar surface area (TPSA) is 56.6 Å². The molecule has 1 aliphatic heterocycles. The summed E-state index contributed by atoms with van der Waals surface area (Å²) in [4.78, 5) is 14.9. The second-order valence-corrected chi connectivity index (χ2v) is 8.56. The lowest BCUT2D eigenvalue weighted by atomic mass is 10.1. The predicted molar refractivity (Wildman–Crippen MR) is 115 cm³/mol. The molecular formula is C22H22F3N3O3S. The molecule has 4 rings (SSSR count). The maximum Gasteiger partial charge on any atom is 0.410 e. The largest absolute Gasteiger partial charge is 0.493 e. The Morgan fingerprint density at radius 3 is 2.72 bits per heavy atom. The van der Waals surface area contributed by atoms with Gasteiger partial charge < -0.3 is 9.47 Å². The Bertz CT molecular complexity index is 1140. The van der Waals surface area contributed by atoms with Gasteiger partial charge in [-0.25, -0.2) is 4.68 Å². The zero-order valence-corrected chi connectivity index (χ0v) is 18.6. The van der Waals surface area contributed by atoms with Crippen LogP contribution in [0.15, 0.2) is 35.7 Å². The third kappa shape index (κ3) is 4.32. The Kier molecular flexibility index (Phi) is 5.89. The number of carbonyl (C=O) groups is 1. The fourth-order valence-electron chi connectivity index (χ4n) is 3.68. The Hall–Kier alpha value is -3.01. The first-order chi connectivity index (χ1) is 15.2. The lowest BCUT2D eigenvalue weighted by Gasteiger charge is -2.33. The van der Waals surface area contributed by atoms with Crippen molar-refractivity contribution in [3.63, 3.8) is 0 Å². The molecule has 2 aromatic heterocycles. The van der Waals surface area contributed by atoms with Crippen LogP contribution in [0.25, 0.3) is 0 Å². The standard InChI is InChI=1S/C22H22F3N3O3S/c1-13-4-5-16(17(8-13)30-3)31-11-15-10-18(32-12-15)21(29)27-7-6-19(22(23,24)25)28-20(27)9-14(2)26-28/h4-5,8-10,12,19H,6-7,11H2,1-3H3. The van der Waals surface area contributed by atoms with Crippen molar-refractivity contribution in [3.8, 4) is 11.5 Å². The Morgan fingerprint density at radius 1 is 1.22 bits per heavy atom. The highest BCUT2D eigenvalue weighted by Crippen LogP contribution is 2.40. The van der Waals surface area contributed by atoms with Crippen LogP contribution in [0.2, 0.25) is 0 Å². The summed E-state index contributed by atoms with van der Waals surface area (Å²) in [5, 5.41) is 5.79. The summed E-state index contributed by atoms with van der Waals surface area (Å²) < 4.78 is 52.3. The molecular weight excluding hydrogens is 443 g/mol. The number of benzene rings is 1. The molecule has 1 aliphatic rings. The Balaban J connectivity index is 1.50. The summed E-state index contributed by atoms with van der Waals surface area (Å²) >= 11 is 1.23. The highest BCUT2D eigenvalue weighted by atomic mass is 32.1. The molecule has 0 saturated carbocycles. The molecule has 32 heavy (non-hydrogen) atoms. The van der Waals surface area contributed by atoms with Crippen LogP contribution in [0.3, 0.4) is 0 Å². The van der Waals surface area contributed by atoms with Crippen molar-refractivity contribution in [3.05, 3.63) is 57.4 Å². The monoisotopic (exact) mass is 465 g/mol. The molecule has 0 bridgehead atoms. The van der Waals surface area contributed by atoms with E-state index in [4.69, 9.17) is 9.47 Å². The number of amides is 1. The van der Waals surface area contributed by atoms with Gasteiger partial charge in [-0.05, 0) is 49.4 Å². The highest BCUT2D eigenvalue weighted by Gasteiger charge is 2.46. The van der Waals surface area contributed by atoms with E-state index in [9.17, 15) is 18.0 Å². The summed E-state index contributed by atoms with van der Waals surface area (Å²) in [6.45, 7) is 3.77. The van der Waals surface area contributed by atoms with Crippen molar-refractivity contribution in [2.45, 2.75) is 39.1 Å². The van der Waals surface area contributed by atoms with Gasteiger partial charge in [0.1, 0.15) is 12.4 Å². The maximum atomic E-state index is 13.4. The lowest BCUT2D eigenvalue weighted by Crippen LogP contribution is -2.42. The Labute approximate surface area is 187 Å². The van der Waals surface area contributed by atoms with Crippen LogP contribution in [0.5, 0.6) is 11.5 Å². The summed E-state index contributed by atoms with van der Waals surface area (Å²) in [5.74, 6) is 1.02. The van der Waals surface area contributed by atoms with Gasteiger partial charge >= 0.3 is 6.18 Å². The van der Waals surface area contributed by atoms with Crippen molar-refractivity contribution < 1.29 is 27.4 Å². The van der Waals surface area contributed by atoms with Gasteiger partial charge in [-0.1, -0.05) is 6.07 Å². The van der Waals surface area contributed by atoms with E-state index in [1.807, 2.05) is 25.1 Å². The molecule has 3 heterocycles. The van der Waals surface area contributed by atoms with Crippen molar-refractivity contribution in [2.75, 3.05) is 18.6 Å². The van der Waals surface area contributed by atoms with Gasteiger partial charge in [-0.15, -0.1) is 11.3 Å². The molecule has 0 fully saturated rings. The van der Waals surface area contributed by atoms with Crippen molar-refractivity contribution >= 4 is 23.1 Å². The maximum absolute atomic E-state index is 13.4. The molecule has 1 atom stereocenters. The van der Waals surface area contributed by atoms with Gasteiger partial charge in [0.25, 0.3) is 5.91 Å². The SMILES string of the molecule is COc1cc(C)ccc1OCc1csc(C(=O)N2CCC(C(F)(F)F)n3nc(C)cc32)c1. The number of anilines is 1. The average molecular weight is 465 g/mol. The zero-order chi connectivity index (χ0) is 23.0. The van der Waals surface area contributed by atoms with Crippen molar-refractivity contribution in [2.24, 2.45) is 0 Å². The van der Waals surface area contributed by atoms with Gasteiger partial charge in [-0.2, -0.15) is 18.3 Å². The molecule has 170 valence electrons. The summed E-state index contributed by atoms with van der Waals surface area (Å²) in [6.07, 6.45) is -4.66. The molecule has 1 unspecified atom stereocenters. The Morgan fingerprint density at radius 2 is 2.00 bits per heavy atom. The third-order valence-corrected chi connectivity index (χ3v) is 6.20. The molecule has 0 spiro atoms. The smallest absolute Gasteiger partial charge is 0.410 e. The first-order valence-corrected chi connectivity index (χ1v) is 10.8. The fourth-order valence-corrected chi connectivity index (χ4v) is 4.53. The van der Waals surface area contributed by atoms with E-state index < -0.39 is 12.2 Å². The molecule has 1 amide bonds. The van der Waals surface area contributed by atoms with Crippen LogP contribution in [0.1, 0.15) is 39.0 Å². The number of hydrogen-bond donors (Lipinski definition) is 0. The number of hydrogen-bond acceptors (Lipinski definition) is 5. The highest BCUT2D eigenvalue weighted by molar-refractivity contribution is 7.12. The van der Waals surface area contributed by atoms with Gasteiger partial charge in [0.15, 0.2) is 17.5 Å².